The molecule has 1 heterocycles. The largest absolute Gasteiger partial charge is 0.301 e. The van der Waals surface area contributed by atoms with Crippen molar-refractivity contribution < 1.29 is 0 Å². The van der Waals surface area contributed by atoms with Gasteiger partial charge in [0.2, 0.25) is 0 Å². The third kappa shape index (κ3) is 5.07. The third-order valence-corrected chi connectivity index (χ3v) is 5.70. The second-order valence-electron chi connectivity index (χ2n) is 7.09. The predicted molar refractivity (Wildman–Crippen MR) is 108 cm³/mol. The predicted octanol–water partition coefficient (Wildman–Crippen LogP) is 5.14. The lowest BCUT2D eigenvalue weighted by Gasteiger charge is -2.34. The number of hydrogen-bond acceptors (Lipinski definition) is 2. The van der Waals surface area contributed by atoms with E-state index in [0.717, 1.165) is 5.02 Å². The number of rotatable bonds is 6. The molecule has 0 spiro atoms. The molecule has 0 aromatic heterocycles. The Morgan fingerprint density at radius 2 is 1.36 bits per heavy atom. The second kappa shape index (κ2) is 8.84. The maximum Gasteiger partial charge on any atom is 0.0406 e. The molecule has 0 bridgehead atoms. The van der Waals surface area contributed by atoms with Crippen molar-refractivity contribution >= 4 is 11.6 Å². The Morgan fingerprint density at radius 3 is 1.92 bits per heavy atom. The van der Waals surface area contributed by atoms with Crippen LogP contribution in [0.3, 0.4) is 0 Å². The number of likely N-dealkylation sites (N-methyl/N-ethyl adjacent to an activating group) is 1. The summed E-state index contributed by atoms with van der Waals surface area (Å²) in [5, 5.41) is 0.786. The van der Waals surface area contributed by atoms with Gasteiger partial charge in [0.25, 0.3) is 0 Å². The normalized spacial score (nSPS) is 17.6. The van der Waals surface area contributed by atoms with Crippen LogP contribution in [-0.2, 0) is 0 Å². The van der Waals surface area contributed by atoms with Gasteiger partial charge in [-0.15, -0.1) is 0 Å². The zero-order valence-corrected chi connectivity index (χ0v) is 16.2. The molecule has 0 aliphatic carbocycles. The Hall–Kier alpha value is -1.35. The van der Waals surface area contributed by atoms with Gasteiger partial charge in [0, 0.05) is 31.2 Å². The van der Waals surface area contributed by atoms with Gasteiger partial charge in [-0.1, -0.05) is 61.8 Å². The molecule has 0 N–H and O–H groups in total. The van der Waals surface area contributed by atoms with Crippen LogP contribution in [0.4, 0.5) is 0 Å². The van der Waals surface area contributed by atoms with E-state index >= 15 is 0 Å². The molecule has 25 heavy (non-hydrogen) atoms. The van der Waals surface area contributed by atoms with Crippen LogP contribution in [0.5, 0.6) is 0 Å². The Morgan fingerprint density at radius 1 is 0.840 bits per heavy atom. The van der Waals surface area contributed by atoms with Gasteiger partial charge in [-0.3, -0.25) is 0 Å². The van der Waals surface area contributed by atoms with Crippen molar-refractivity contribution in [2.24, 2.45) is 0 Å². The molecule has 2 aromatic carbocycles. The summed E-state index contributed by atoms with van der Waals surface area (Å²) in [6, 6.07) is 17.1. The fourth-order valence-electron chi connectivity index (χ4n) is 3.52. The van der Waals surface area contributed by atoms with Crippen molar-refractivity contribution in [3.8, 4) is 11.1 Å². The van der Waals surface area contributed by atoms with E-state index in [1.165, 1.54) is 62.4 Å². The number of benzene rings is 2. The molecule has 1 aliphatic heterocycles. The molecule has 3 rings (SSSR count). The topological polar surface area (TPSA) is 6.48 Å². The number of nitrogens with zero attached hydrogens (tertiary/aromatic N) is 2. The van der Waals surface area contributed by atoms with Crippen LogP contribution in [0.25, 0.3) is 11.1 Å². The van der Waals surface area contributed by atoms with E-state index < -0.39 is 0 Å². The lowest BCUT2D eigenvalue weighted by atomic mass is 9.95. The SMILES string of the molecule is CCN1CCN(CCC(C)c2ccc(-c3ccc(Cl)cc3)cc2)CC1. The number of piperazine rings is 1. The molecule has 0 amide bonds. The van der Waals surface area contributed by atoms with E-state index in [1.807, 2.05) is 12.1 Å². The fourth-order valence-corrected chi connectivity index (χ4v) is 3.64. The summed E-state index contributed by atoms with van der Waals surface area (Å²) >= 11 is 5.97. The summed E-state index contributed by atoms with van der Waals surface area (Å²) in [4.78, 5) is 5.15. The van der Waals surface area contributed by atoms with Crippen molar-refractivity contribution in [2.45, 2.75) is 26.2 Å². The minimum absolute atomic E-state index is 0.600. The Bertz CT molecular complexity index is 643. The zero-order valence-electron chi connectivity index (χ0n) is 15.4. The molecule has 134 valence electrons. The molecule has 1 atom stereocenters. The zero-order chi connectivity index (χ0) is 17.6. The minimum atomic E-state index is 0.600. The van der Waals surface area contributed by atoms with Gasteiger partial charge in [-0.2, -0.15) is 0 Å². The summed E-state index contributed by atoms with van der Waals surface area (Å²) < 4.78 is 0. The molecular formula is C22H29ClN2. The highest BCUT2D eigenvalue weighted by Gasteiger charge is 2.16. The molecule has 0 saturated carbocycles. The standard InChI is InChI=1S/C22H29ClN2/c1-3-24-14-16-25(17-15-24)13-12-18(2)19-4-6-20(7-5-19)21-8-10-22(23)11-9-21/h4-11,18H,3,12-17H2,1-2H3. The Labute approximate surface area is 157 Å². The van der Waals surface area contributed by atoms with Crippen LogP contribution in [0, 0.1) is 0 Å². The van der Waals surface area contributed by atoms with E-state index in [0.29, 0.717) is 5.92 Å². The summed E-state index contributed by atoms with van der Waals surface area (Å²) in [6.07, 6.45) is 1.23. The molecule has 1 unspecified atom stereocenters. The highest BCUT2D eigenvalue weighted by atomic mass is 35.5. The van der Waals surface area contributed by atoms with E-state index in [2.05, 4.69) is 60.0 Å². The van der Waals surface area contributed by atoms with E-state index in [9.17, 15) is 0 Å². The molecule has 2 nitrogen and oxygen atoms in total. The maximum atomic E-state index is 5.97. The van der Waals surface area contributed by atoms with E-state index in [4.69, 9.17) is 11.6 Å². The first-order valence-electron chi connectivity index (χ1n) is 9.46. The van der Waals surface area contributed by atoms with Crippen molar-refractivity contribution in [1.29, 1.82) is 0 Å². The molecule has 1 fully saturated rings. The lowest BCUT2D eigenvalue weighted by Crippen LogP contribution is -2.46. The van der Waals surface area contributed by atoms with Crippen molar-refractivity contribution in [3.63, 3.8) is 0 Å². The van der Waals surface area contributed by atoms with Crippen LogP contribution < -0.4 is 0 Å². The first-order chi connectivity index (χ1) is 12.2. The fraction of sp³-hybridized carbons (Fsp3) is 0.455. The minimum Gasteiger partial charge on any atom is -0.301 e. The third-order valence-electron chi connectivity index (χ3n) is 5.45. The smallest absolute Gasteiger partial charge is 0.0406 e. The van der Waals surface area contributed by atoms with Gasteiger partial charge in [0.1, 0.15) is 0 Å². The van der Waals surface area contributed by atoms with Crippen LogP contribution in [0.2, 0.25) is 5.02 Å². The van der Waals surface area contributed by atoms with Crippen molar-refractivity contribution in [1.82, 2.24) is 9.80 Å². The van der Waals surface area contributed by atoms with Crippen LogP contribution in [0.15, 0.2) is 48.5 Å². The average molecular weight is 357 g/mol. The Kier molecular flexibility index (Phi) is 6.52. The lowest BCUT2D eigenvalue weighted by molar-refractivity contribution is 0.134. The van der Waals surface area contributed by atoms with Crippen LogP contribution >= 0.6 is 11.6 Å². The van der Waals surface area contributed by atoms with Gasteiger partial charge in [-0.25, -0.2) is 0 Å². The molecule has 1 saturated heterocycles. The van der Waals surface area contributed by atoms with Crippen molar-refractivity contribution in [2.75, 3.05) is 39.3 Å². The molecule has 3 heteroatoms. The first kappa shape index (κ1) is 18.4. The highest BCUT2D eigenvalue weighted by molar-refractivity contribution is 6.30. The maximum absolute atomic E-state index is 5.97. The van der Waals surface area contributed by atoms with E-state index in [1.54, 1.807) is 0 Å². The van der Waals surface area contributed by atoms with Gasteiger partial charge < -0.3 is 9.80 Å². The quantitative estimate of drug-likeness (QED) is 0.707. The van der Waals surface area contributed by atoms with Gasteiger partial charge in [0.15, 0.2) is 0 Å². The summed E-state index contributed by atoms with van der Waals surface area (Å²) in [6.45, 7) is 11.9. The average Bonchev–Trinajstić information content (AvgIpc) is 2.67. The molecule has 1 aliphatic rings. The summed E-state index contributed by atoms with van der Waals surface area (Å²) in [5.74, 6) is 0.600. The van der Waals surface area contributed by atoms with Gasteiger partial charge in [0.05, 0.1) is 0 Å². The summed E-state index contributed by atoms with van der Waals surface area (Å²) in [7, 11) is 0. The summed E-state index contributed by atoms with van der Waals surface area (Å²) in [5.41, 5.74) is 3.91. The first-order valence-corrected chi connectivity index (χ1v) is 9.84. The van der Waals surface area contributed by atoms with Gasteiger partial charge in [-0.05, 0) is 54.3 Å². The van der Waals surface area contributed by atoms with Gasteiger partial charge >= 0.3 is 0 Å². The monoisotopic (exact) mass is 356 g/mol. The second-order valence-corrected chi connectivity index (χ2v) is 7.53. The molecule has 0 radical (unpaired) electrons. The Balaban J connectivity index is 1.52. The highest BCUT2D eigenvalue weighted by Crippen LogP contribution is 2.25. The molecule has 2 aromatic rings. The number of halogens is 1. The van der Waals surface area contributed by atoms with Crippen molar-refractivity contribution in [3.05, 3.63) is 59.1 Å². The number of hydrogen-bond donors (Lipinski definition) is 0. The van der Waals surface area contributed by atoms with Crippen LogP contribution in [-0.4, -0.2) is 49.1 Å². The van der Waals surface area contributed by atoms with Crippen LogP contribution in [0.1, 0.15) is 31.7 Å². The molecular weight excluding hydrogens is 328 g/mol. The van der Waals surface area contributed by atoms with E-state index in [-0.39, 0.29) is 0 Å².